The van der Waals surface area contributed by atoms with E-state index in [0.717, 1.165) is 45.3 Å². The maximum atomic E-state index is 12.7. The summed E-state index contributed by atoms with van der Waals surface area (Å²) in [7, 11) is 0. The summed E-state index contributed by atoms with van der Waals surface area (Å²) in [4.78, 5) is 14.7. The Labute approximate surface area is 324 Å². The molecule has 0 radical (unpaired) electrons. The quantitative estimate of drug-likeness (QED) is 0.218. The highest BCUT2D eigenvalue weighted by atomic mass is 16.7. The SMILES string of the molecule is CCO[C@@H]([C@H]1C[C@@H](C)[C@H]2[C@H](O1)[C@H](O)[C@@]1(C)[C@@H]3CC[C@H]4C(C)(C)C(O[C@H]5CN(CCNC(=O)CCC6(C)N=N6)CCO5)CC[C@@]45CC35CC[C@]21C)C(C)(C)O. The van der Waals surface area contributed by atoms with Gasteiger partial charge in [-0.15, -0.1) is 0 Å². The van der Waals surface area contributed by atoms with E-state index in [1.165, 1.54) is 25.7 Å². The van der Waals surface area contributed by atoms with Crippen LogP contribution in [0.2, 0.25) is 0 Å². The van der Waals surface area contributed by atoms with Gasteiger partial charge in [0.1, 0.15) is 6.10 Å². The highest BCUT2D eigenvalue weighted by Gasteiger charge is 2.84. The number of hydrogen-bond donors (Lipinski definition) is 3. The van der Waals surface area contributed by atoms with Crippen LogP contribution in [0.15, 0.2) is 10.2 Å². The fourth-order valence-electron chi connectivity index (χ4n) is 14.8. The van der Waals surface area contributed by atoms with E-state index in [2.05, 4.69) is 55.1 Å². The first kappa shape index (κ1) is 39.6. The molecule has 14 atom stereocenters. The number of ether oxygens (including phenoxy) is 4. The van der Waals surface area contributed by atoms with Crippen molar-refractivity contribution in [1.29, 1.82) is 0 Å². The van der Waals surface area contributed by atoms with Crippen LogP contribution in [-0.4, -0.2) is 108 Å². The number of fused-ring (bicyclic) bond motifs is 4. The van der Waals surface area contributed by atoms with Gasteiger partial charge in [-0.3, -0.25) is 9.69 Å². The molecule has 2 unspecified atom stereocenters. The Hall–Kier alpha value is -1.21. The molecule has 8 aliphatic rings. The zero-order valence-corrected chi connectivity index (χ0v) is 34.9. The van der Waals surface area contributed by atoms with Gasteiger partial charge in [-0.05, 0) is 124 Å². The van der Waals surface area contributed by atoms with E-state index in [-0.39, 0.29) is 63.7 Å². The lowest BCUT2D eigenvalue weighted by atomic mass is 9.41. The molecule has 0 aromatic heterocycles. The average molecular weight is 757 g/mol. The minimum absolute atomic E-state index is 0.00589. The van der Waals surface area contributed by atoms with Crippen LogP contribution < -0.4 is 5.32 Å². The molecule has 8 rings (SSSR count). The lowest BCUT2D eigenvalue weighted by Crippen LogP contribution is -2.60. The topological polar surface area (TPSA) is 134 Å². The molecule has 11 nitrogen and oxygen atoms in total. The third-order valence-corrected chi connectivity index (χ3v) is 17.6. The number of hydrogen-bond acceptors (Lipinski definition) is 10. The van der Waals surface area contributed by atoms with E-state index >= 15 is 0 Å². The molecule has 5 saturated carbocycles. The van der Waals surface area contributed by atoms with Crippen molar-refractivity contribution in [3.63, 3.8) is 0 Å². The second-order valence-corrected chi connectivity index (χ2v) is 21.1. The molecular weight excluding hydrogens is 684 g/mol. The van der Waals surface area contributed by atoms with Crippen molar-refractivity contribution in [2.45, 2.75) is 175 Å². The molecule has 2 saturated heterocycles. The molecule has 306 valence electrons. The van der Waals surface area contributed by atoms with E-state index in [4.69, 9.17) is 18.9 Å². The predicted molar refractivity (Wildman–Crippen MR) is 204 cm³/mol. The average Bonchev–Trinajstić information content (AvgIpc) is 4.00. The Kier molecular flexibility index (Phi) is 9.84. The Bertz CT molecular complexity index is 1460. The van der Waals surface area contributed by atoms with Crippen molar-refractivity contribution in [2.24, 2.45) is 61.0 Å². The van der Waals surface area contributed by atoms with E-state index < -0.39 is 17.8 Å². The molecule has 3 heterocycles. The van der Waals surface area contributed by atoms with E-state index in [9.17, 15) is 15.0 Å². The van der Waals surface area contributed by atoms with Crippen LogP contribution >= 0.6 is 0 Å². The molecule has 2 spiro atoms. The molecule has 7 fully saturated rings. The Morgan fingerprint density at radius 1 is 1.06 bits per heavy atom. The molecule has 54 heavy (non-hydrogen) atoms. The number of carbonyl (C=O) groups is 1. The maximum absolute atomic E-state index is 12.7. The maximum Gasteiger partial charge on any atom is 0.220 e. The predicted octanol–water partition coefficient (Wildman–Crippen LogP) is 6.10. The number of carbonyl (C=O) groups excluding carboxylic acids is 1. The zero-order chi connectivity index (χ0) is 38.7. The van der Waals surface area contributed by atoms with Crippen molar-refractivity contribution in [3.8, 4) is 0 Å². The first-order valence-corrected chi connectivity index (χ1v) is 21.7. The smallest absolute Gasteiger partial charge is 0.220 e. The van der Waals surface area contributed by atoms with Gasteiger partial charge in [0, 0.05) is 51.0 Å². The van der Waals surface area contributed by atoms with Gasteiger partial charge in [-0.2, -0.15) is 10.2 Å². The van der Waals surface area contributed by atoms with Crippen LogP contribution in [-0.2, 0) is 23.7 Å². The number of amides is 1. The Morgan fingerprint density at radius 2 is 1.78 bits per heavy atom. The number of aliphatic hydroxyl groups excluding tert-OH is 1. The third-order valence-electron chi connectivity index (χ3n) is 17.6. The number of aliphatic hydroxyl groups is 2. The zero-order valence-electron chi connectivity index (χ0n) is 34.9. The summed E-state index contributed by atoms with van der Waals surface area (Å²) < 4.78 is 26.3. The summed E-state index contributed by atoms with van der Waals surface area (Å²) in [6, 6.07) is 0. The van der Waals surface area contributed by atoms with Crippen LogP contribution in [0.1, 0.15) is 127 Å². The second kappa shape index (κ2) is 13.4. The fourth-order valence-corrected chi connectivity index (χ4v) is 14.8. The van der Waals surface area contributed by atoms with Crippen LogP contribution in [0.4, 0.5) is 0 Å². The largest absolute Gasteiger partial charge is 0.390 e. The minimum Gasteiger partial charge on any atom is -0.390 e. The highest BCUT2D eigenvalue weighted by molar-refractivity contribution is 5.75. The van der Waals surface area contributed by atoms with E-state index in [1.807, 2.05) is 27.7 Å². The van der Waals surface area contributed by atoms with Crippen LogP contribution in [0.3, 0.4) is 0 Å². The van der Waals surface area contributed by atoms with Crippen molar-refractivity contribution < 1.29 is 34.0 Å². The van der Waals surface area contributed by atoms with Gasteiger partial charge in [-0.1, -0.05) is 34.6 Å². The number of nitrogens with zero attached hydrogens (tertiary/aromatic N) is 3. The molecule has 11 heteroatoms. The highest BCUT2D eigenvalue weighted by Crippen LogP contribution is 2.89. The normalized spacial score (nSPS) is 47.7. The molecule has 5 aliphatic carbocycles. The fraction of sp³-hybridized carbons (Fsp3) is 0.977. The number of rotatable bonds is 12. The Morgan fingerprint density at radius 3 is 2.48 bits per heavy atom. The van der Waals surface area contributed by atoms with Gasteiger partial charge >= 0.3 is 0 Å². The number of nitrogens with one attached hydrogen (secondary N) is 1. The van der Waals surface area contributed by atoms with Gasteiger partial charge in [0.2, 0.25) is 5.91 Å². The van der Waals surface area contributed by atoms with Crippen molar-refractivity contribution in [1.82, 2.24) is 10.2 Å². The molecule has 0 aromatic rings. The minimum atomic E-state index is -1.03. The van der Waals surface area contributed by atoms with Gasteiger partial charge in [0.25, 0.3) is 0 Å². The first-order chi connectivity index (χ1) is 25.4. The molecule has 3 aliphatic heterocycles. The van der Waals surface area contributed by atoms with Crippen molar-refractivity contribution in [2.75, 3.05) is 39.4 Å². The Balaban J connectivity index is 0.924. The summed E-state index contributed by atoms with van der Waals surface area (Å²) in [6.45, 7) is 24.0. The van der Waals surface area contributed by atoms with E-state index in [1.54, 1.807) is 0 Å². The molecular formula is C43H72N4O7. The summed E-state index contributed by atoms with van der Waals surface area (Å²) in [5.74, 6) is 1.78. The van der Waals surface area contributed by atoms with Gasteiger partial charge < -0.3 is 34.5 Å². The van der Waals surface area contributed by atoms with Gasteiger partial charge in [0.15, 0.2) is 12.0 Å². The van der Waals surface area contributed by atoms with Crippen LogP contribution in [0, 0.1) is 50.7 Å². The van der Waals surface area contributed by atoms with Gasteiger partial charge in [0.05, 0.1) is 36.6 Å². The van der Waals surface area contributed by atoms with Gasteiger partial charge in [-0.25, -0.2) is 0 Å². The third kappa shape index (κ3) is 6.01. The van der Waals surface area contributed by atoms with Crippen molar-refractivity contribution >= 4 is 5.91 Å². The first-order valence-electron chi connectivity index (χ1n) is 21.7. The molecule has 1 amide bonds. The molecule has 0 aromatic carbocycles. The van der Waals surface area contributed by atoms with Crippen molar-refractivity contribution in [3.05, 3.63) is 0 Å². The van der Waals surface area contributed by atoms with Crippen LogP contribution in [0.5, 0.6) is 0 Å². The summed E-state index contributed by atoms with van der Waals surface area (Å²) >= 11 is 0. The summed E-state index contributed by atoms with van der Waals surface area (Å²) in [6.07, 6.45) is 8.64. The lowest BCUT2D eigenvalue weighted by Gasteiger charge is -2.64. The second-order valence-electron chi connectivity index (χ2n) is 21.1. The van der Waals surface area contributed by atoms with E-state index in [0.29, 0.717) is 55.8 Å². The summed E-state index contributed by atoms with van der Waals surface area (Å²) in [5, 5.41) is 34.9. The molecule has 3 N–H and O–H groups in total. The monoisotopic (exact) mass is 757 g/mol. The summed E-state index contributed by atoms with van der Waals surface area (Å²) in [5.41, 5.74) is -1.00. The number of morpholine rings is 1. The lowest BCUT2D eigenvalue weighted by molar-refractivity contribution is -0.248. The molecule has 0 bridgehead atoms. The standard InChI is InChI=1S/C43H72N4O7/c1-10-51-36(38(5,6)50)27-23-26(2)33-34(53-27)35(49)41(9)29-12-11-28-37(3,4)30(13-16-42(28)25-43(29,42)18-17-39(33,41)7)54-32-24-47(21-22-52-32)20-19-44-31(48)14-15-40(8)45-46-40/h26-30,32-36,49-50H,10-25H2,1-9H3,(H,44,48)/t26-,27-,28+,29+,30?,32+,33+,34+,35+,36+,39-,41-,42-,43?/m1/s1. The van der Waals surface area contributed by atoms with Crippen LogP contribution in [0.25, 0.3) is 0 Å².